The maximum absolute atomic E-state index is 12.1. The zero-order chi connectivity index (χ0) is 10.2. The average Bonchev–Trinajstić information content (AvgIpc) is 2.73. The van der Waals surface area contributed by atoms with Crippen molar-refractivity contribution in [3.8, 4) is 11.4 Å². The molecule has 0 spiro atoms. The molecule has 0 fully saturated rings. The van der Waals surface area contributed by atoms with Crippen molar-refractivity contribution in [3.63, 3.8) is 0 Å². The zero-order valence-corrected chi connectivity index (χ0v) is 6.89. The average molecular weight is 201 g/mol. The molecule has 0 atom stereocenters. The normalized spacial score (nSPS) is 11.9. The van der Waals surface area contributed by atoms with Crippen molar-refractivity contribution in [2.45, 2.75) is 6.18 Å². The molecule has 0 unspecified atom stereocenters. The smallest absolute Gasteiger partial charge is 0.360 e. The van der Waals surface area contributed by atoms with Crippen LogP contribution in [0.2, 0.25) is 0 Å². The van der Waals surface area contributed by atoms with Gasteiger partial charge in [-0.1, -0.05) is 0 Å². The topological polar surface area (TPSA) is 44.5 Å². The highest BCUT2D eigenvalue weighted by Gasteiger charge is 2.34. The molecule has 3 nitrogen and oxygen atoms in total. The van der Waals surface area contributed by atoms with Crippen molar-refractivity contribution >= 4 is 0 Å². The predicted molar refractivity (Wildman–Crippen MR) is 43.4 cm³/mol. The van der Waals surface area contributed by atoms with Crippen molar-refractivity contribution in [2.24, 2.45) is 0 Å². The first kappa shape index (κ1) is 8.86. The van der Waals surface area contributed by atoms with Crippen LogP contribution in [-0.2, 0) is 6.18 Å². The van der Waals surface area contributed by atoms with Gasteiger partial charge in [0.25, 0.3) is 0 Å². The van der Waals surface area contributed by atoms with Gasteiger partial charge in [0.2, 0.25) is 5.82 Å². The summed E-state index contributed by atoms with van der Waals surface area (Å²) in [5, 5.41) is 0. The van der Waals surface area contributed by atoms with Crippen LogP contribution in [0.4, 0.5) is 13.2 Å². The van der Waals surface area contributed by atoms with Crippen LogP contribution in [0.5, 0.6) is 0 Å². The lowest BCUT2D eigenvalue weighted by Gasteiger charge is -1.99. The Morgan fingerprint density at radius 1 is 1.21 bits per heavy atom. The number of imidazole rings is 1. The molecule has 14 heavy (non-hydrogen) atoms. The number of H-pyrrole nitrogens is 2. The molecule has 6 heteroatoms. The molecule has 2 aromatic rings. The van der Waals surface area contributed by atoms with E-state index in [2.05, 4.69) is 15.0 Å². The fourth-order valence-electron chi connectivity index (χ4n) is 1.10. The fourth-order valence-corrected chi connectivity index (χ4v) is 1.10. The summed E-state index contributed by atoms with van der Waals surface area (Å²) < 4.78 is 36.4. The monoisotopic (exact) mass is 201 g/mol. The summed E-state index contributed by atoms with van der Waals surface area (Å²) in [6.07, 6.45) is -1.65. The van der Waals surface area contributed by atoms with E-state index in [4.69, 9.17) is 0 Å². The van der Waals surface area contributed by atoms with E-state index >= 15 is 0 Å². The van der Waals surface area contributed by atoms with E-state index < -0.39 is 12.0 Å². The maximum Gasteiger partial charge on any atom is 0.449 e. The number of rotatable bonds is 1. The third-order valence-electron chi connectivity index (χ3n) is 1.73. The van der Waals surface area contributed by atoms with E-state index in [1.807, 2.05) is 0 Å². The number of nitrogens with one attached hydrogen (secondary N) is 2. The van der Waals surface area contributed by atoms with Crippen molar-refractivity contribution in [1.82, 2.24) is 15.0 Å². The summed E-state index contributed by atoms with van der Waals surface area (Å²) >= 11 is 0. The summed E-state index contributed by atoms with van der Waals surface area (Å²) in [7, 11) is 0. The molecule has 74 valence electrons. The molecule has 2 heterocycles. The Morgan fingerprint density at radius 2 is 2.00 bits per heavy atom. The van der Waals surface area contributed by atoms with Crippen LogP contribution < -0.4 is 0 Å². The number of halogens is 3. The molecule has 0 saturated carbocycles. The largest absolute Gasteiger partial charge is 0.449 e. The van der Waals surface area contributed by atoms with Gasteiger partial charge in [-0.25, -0.2) is 4.98 Å². The Hall–Kier alpha value is -1.72. The molecule has 0 aliphatic heterocycles. The molecule has 0 aromatic carbocycles. The van der Waals surface area contributed by atoms with Gasteiger partial charge in [-0.05, 0) is 12.1 Å². The van der Waals surface area contributed by atoms with Crippen LogP contribution in [0.3, 0.4) is 0 Å². The number of aromatic amines is 2. The highest BCUT2D eigenvalue weighted by molar-refractivity contribution is 5.53. The van der Waals surface area contributed by atoms with Gasteiger partial charge in [0, 0.05) is 6.20 Å². The van der Waals surface area contributed by atoms with Gasteiger partial charge in [0.05, 0.1) is 17.6 Å². The summed E-state index contributed by atoms with van der Waals surface area (Å²) in [6, 6.07) is 3.36. The predicted octanol–water partition coefficient (Wildman–Crippen LogP) is 2.42. The molecule has 2 N–H and O–H groups in total. The van der Waals surface area contributed by atoms with Gasteiger partial charge in [-0.15, -0.1) is 0 Å². The third-order valence-corrected chi connectivity index (χ3v) is 1.73. The van der Waals surface area contributed by atoms with Gasteiger partial charge in [-0.2, -0.15) is 13.2 Å². The van der Waals surface area contributed by atoms with E-state index in [1.54, 1.807) is 18.3 Å². The second kappa shape index (κ2) is 2.90. The Morgan fingerprint density at radius 3 is 2.50 bits per heavy atom. The first-order chi connectivity index (χ1) is 6.57. The van der Waals surface area contributed by atoms with E-state index in [0.29, 0.717) is 11.4 Å². The first-order valence-electron chi connectivity index (χ1n) is 3.83. The molecular weight excluding hydrogens is 195 g/mol. The van der Waals surface area contributed by atoms with Gasteiger partial charge in [0.15, 0.2) is 0 Å². The summed E-state index contributed by atoms with van der Waals surface area (Å²) in [5.41, 5.74) is 0.898. The SMILES string of the molecule is FC(F)(F)c1ncc(-c2ccc[nH]2)[nH]1. The maximum atomic E-state index is 12.1. The first-order valence-corrected chi connectivity index (χ1v) is 3.83. The molecule has 0 aliphatic carbocycles. The lowest BCUT2D eigenvalue weighted by atomic mass is 10.3. The molecule has 2 rings (SSSR count). The van der Waals surface area contributed by atoms with Crippen molar-refractivity contribution in [3.05, 3.63) is 30.4 Å². The Kier molecular flexibility index (Phi) is 1.83. The minimum atomic E-state index is -4.43. The summed E-state index contributed by atoms with van der Waals surface area (Å²) in [5.74, 6) is -0.984. The number of hydrogen-bond acceptors (Lipinski definition) is 1. The Labute approximate surface area is 77.0 Å². The van der Waals surface area contributed by atoms with E-state index in [-0.39, 0.29) is 0 Å². The van der Waals surface area contributed by atoms with Crippen LogP contribution in [0.25, 0.3) is 11.4 Å². The zero-order valence-electron chi connectivity index (χ0n) is 6.89. The molecule has 0 bridgehead atoms. The molecule has 0 radical (unpaired) electrons. The van der Waals surface area contributed by atoms with E-state index in [1.165, 1.54) is 0 Å². The number of aromatic nitrogens is 3. The summed E-state index contributed by atoms with van der Waals surface area (Å²) in [6.45, 7) is 0. The van der Waals surface area contributed by atoms with Crippen LogP contribution in [0.1, 0.15) is 5.82 Å². The van der Waals surface area contributed by atoms with Crippen LogP contribution in [0, 0.1) is 0 Å². The second-order valence-corrected chi connectivity index (χ2v) is 2.73. The third kappa shape index (κ3) is 1.50. The fraction of sp³-hybridized carbons (Fsp3) is 0.125. The minimum Gasteiger partial charge on any atom is -0.360 e. The molecule has 2 aromatic heterocycles. The van der Waals surface area contributed by atoms with Gasteiger partial charge < -0.3 is 9.97 Å². The molecule has 0 amide bonds. The highest BCUT2D eigenvalue weighted by atomic mass is 19.4. The van der Waals surface area contributed by atoms with Crippen molar-refractivity contribution in [1.29, 1.82) is 0 Å². The number of hydrogen-bond donors (Lipinski definition) is 2. The van der Waals surface area contributed by atoms with Crippen LogP contribution in [-0.4, -0.2) is 15.0 Å². The van der Waals surface area contributed by atoms with E-state index in [9.17, 15) is 13.2 Å². The summed E-state index contributed by atoms with van der Waals surface area (Å²) in [4.78, 5) is 8.21. The number of alkyl halides is 3. The molecule has 0 aliphatic rings. The van der Waals surface area contributed by atoms with Crippen LogP contribution in [0.15, 0.2) is 24.5 Å². The van der Waals surface area contributed by atoms with Crippen molar-refractivity contribution in [2.75, 3.05) is 0 Å². The Bertz CT molecular complexity index is 413. The van der Waals surface area contributed by atoms with E-state index in [0.717, 1.165) is 6.20 Å². The molecule has 0 saturated heterocycles. The molecular formula is C8H6F3N3. The Balaban J connectivity index is 2.36. The second-order valence-electron chi connectivity index (χ2n) is 2.73. The highest BCUT2D eigenvalue weighted by Crippen LogP contribution is 2.28. The van der Waals surface area contributed by atoms with Gasteiger partial charge >= 0.3 is 6.18 Å². The van der Waals surface area contributed by atoms with Gasteiger partial charge in [0.1, 0.15) is 0 Å². The van der Waals surface area contributed by atoms with Crippen molar-refractivity contribution < 1.29 is 13.2 Å². The minimum absolute atomic E-state index is 0.322. The standard InChI is InChI=1S/C8H6F3N3/c9-8(10,11)7-13-4-6(14-7)5-2-1-3-12-5/h1-4,12H,(H,13,14). The lowest BCUT2D eigenvalue weighted by molar-refractivity contribution is -0.144. The lowest BCUT2D eigenvalue weighted by Crippen LogP contribution is -2.07. The quantitative estimate of drug-likeness (QED) is 0.731. The van der Waals surface area contributed by atoms with Crippen LogP contribution >= 0.6 is 0 Å². The number of nitrogens with zero attached hydrogens (tertiary/aromatic N) is 1. The van der Waals surface area contributed by atoms with Gasteiger partial charge in [-0.3, -0.25) is 0 Å².